The zero-order valence-electron chi connectivity index (χ0n) is 18.2. The highest BCUT2D eigenvalue weighted by Gasteiger charge is 2.34. The maximum Gasteiger partial charge on any atom is 0.338 e. The van der Waals surface area contributed by atoms with Crippen LogP contribution < -0.4 is 15.4 Å². The van der Waals surface area contributed by atoms with Gasteiger partial charge < -0.3 is 20.1 Å². The molecule has 1 aliphatic rings. The van der Waals surface area contributed by atoms with E-state index in [0.717, 1.165) is 17.5 Å². The van der Waals surface area contributed by atoms with Crippen LogP contribution in [-0.2, 0) is 16.1 Å². The summed E-state index contributed by atoms with van der Waals surface area (Å²) in [7, 11) is 0. The first-order valence-corrected chi connectivity index (χ1v) is 11.2. The van der Waals surface area contributed by atoms with Crippen LogP contribution in [0.5, 0.6) is 5.75 Å². The van der Waals surface area contributed by atoms with Gasteiger partial charge in [0.1, 0.15) is 12.4 Å². The molecule has 0 saturated heterocycles. The lowest BCUT2D eigenvalue weighted by molar-refractivity contribution is -0.143. The van der Waals surface area contributed by atoms with Gasteiger partial charge in [-0.3, -0.25) is 0 Å². The molecule has 2 aromatic carbocycles. The number of esters is 1. The van der Waals surface area contributed by atoms with E-state index in [4.69, 9.17) is 32.7 Å². The van der Waals surface area contributed by atoms with E-state index in [1.54, 1.807) is 32.0 Å². The van der Waals surface area contributed by atoms with Crippen molar-refractivity contribution in [1.82, 2.24) is 10.6 Å². The van der Waals surface area contributed by atoms with Crippen molar-refractivity contribution in [3.63, 3.8) is 0 Å². The van der Waals surface area contributed by atoms with Gasteiger partial charge in [0.15, 0.2) is 0 Å². The zero-order chi connectivity index (χ0) is 23.3. The van der Waals surface area contributed by atoms with Crippen LogP contribution in [0.1, 0.15) is 50.8 Å². The third kappa shape index (κ3) is 5.96. The van der Waals surface area contributed by atoms with Crippen molar-refractivity contribution < 1.29 is 19.1 Å². The van der Waals surface area contributed by atoms with Crippen molar-refractivity contribution in [2.45, 2.75) is 52.4 Å². The Morgan fingerprint density at radius 2 is 1.91 bits per heavy atom. The Kier molecular flexibility index (Phi) is 8.04. The summed E-state index contributed by atoms with van der Waals surface area (Å²) in [6, 6.07) is 11.6. The molecule has 1 unspecified atom stereocenters. The Labute approximate surface area is 197 Å². The predicted octanol–water partition coefficient (Wildman–Crippen LogP) is 5.93. The topological polar surface area (TPSA) is 76.7 Å². The van der Waals surface area contributed by atoms with Crippen LogP contribution in [0.15, 0.2) is 53.7 Å². The molecule has 1 atom stereocenters. The molecule has 2 amide bonds. The standard InChI is InChI=1S/C24H26Cl2N2O4/c1-4-6-20-21(23(29)32-14(2)3)22(28-24(30)27-20)16-7-5-8-17(12-16)31-13-15-9-10-18(25)19(26)11-15/h5,7-12,14,22H,4,6,13H2,1-3H3,(H2,27,28,30). The molecular weight excluding hydrogens is 451 g/mol. The normalized spacial score (nSPS) is 15.9. The molecule has 1 aliphatic heterocycles. The summed E-state index contributed by atoms with van der Waals surface area (Å²) in [5.74, 6) is 0.137. The average Bonchev–Trinajstić information content (AvgIpc) is 2.74. The van der Waals surface area contributed by atoms with Crippen LogP contribution in [0.2, 0.25) is 10.0 Å². The first-order chi connectivity index (χ1) is 15.3. The number of hydrogen-bond acceptors (Lipinski definition) is 4. The van der Waals surface area contributed by atoms with Crippen LogP contribution in [0, 0.1) is 0 Å². The molecule has 2 aromatic rings. The molecule has 1 heterocycles. The van der Waals surface area contributed by atoms with Crippen molar-refractivity contribution in [3.05, 3.63) is 74.9 Å². The second kappa shape index (κ2) is 10.7. The lowest BCUT2D eigenvalue weighted by Gasteiger charge is -2.30. The fourth-order valence-electron chi connectivity index (χ4n) is 3.41. The van der Waals surface area contributed by atoms with Gasteiger partial charge in [0.2, 0.25) is 0 Å². The van der Waals surface area contributed by atoms with Crippen LogP contribution in [-0.4, -0.2) is 18.1 Å². The van der Waals surface area contributed by atoms with Crippen LogP contribution in [0.25, 0.3) is 0 Å². The number of benzene rings is 2. The van der Waals surface area contributed by atoms with Crippen molar-refractivity contribution in [3.8, 4) is 5.75 Å². The second-order valence-electron chi connectivity index (χ2n) is 7.74. The molecule has 32 heavy (non-hydrogen) atoms. The molecule has 170 valence electrons. The number of carbonyl (C=O) groups is 2. The Balaban J connectivity index is 1.88. The van der Waals surface area contributed by atoms with Crippen LogP contribution in [0.3, 0.4) is 0 Å². The zero-order valence-corrected chi connectivity index (χ0v) is 19.7. The fourth-order valence-corrected chi connectivity index (χ4v) is 3.73. The van der Waals surface area contributed by atoms with E-state index in [1.165, 1.54) is 0 Å². The highest BCUT2D eigenvalue weighted by molar-refractivity contribution is 6.42. The monoisotopic (exact) mass is 476 g/mol. The van der Waals surface area contributed by atoms with Gasteiger partial charge in [0.25, 0.3) is 0 Å². The molecule has 0 fully saturated rings. The minimum absolute atomic E-state index is 0.281. The Bertz CT molecular complexity index is 1040. The molecule has 0 saturated carbocycles. The molecular formula is C24H26Cl2N2O4. The van der Waals surface area contributed by atoms with Gasteiger partial charge in [0.05, 0.1) is 27.8 Å². The number of halogens is 2. The lowest BCUT2D eigenvalue weighted by atomic mass is 9.93. The Morgan fingerprint density at radius 3 is 2.59 bits per heavy atom. The number of amides is 2. The molecule has 0 bridgehead atoms. The van der Waals surface area contributed by atoms with Crippen LogP contribution >= 0.6 is 23.2 Å². The first kappa shape index (κ1) is 24.0. The number of urea groups is 1. The van der Waals surface area contributed by atoms with E-state index >= 15 is 0 Å². The van der Waals surface area contributed by atoms with Gasteiger partial charge in [-0.15, -0.1) is 0 Å². The maximum absolute atomic E-state index is 12.9. The summed E-state index contributed by atoms with van der Waals surface area (Å²) in [6.45, 7) is 5.86. The van der Waals surface area contributed by atoms with Crippen molar-refractivity contribution in [2.75, 3.05) is 0 Å². The highest BCUT2D eigenvalue weighted by atomic mass is 35.5. The van der Waals surface area contributed by atoms with Gasteiger partial charge in [0, 0.05) is 5.70 Å². The van der Waals surface area contributed by atoms with E-state index in [2.05, 4.69) is 10.6 Å². The number of rotatable bonds is 8. The van der Waals surface area contributed by atoms with Crippen molar-refractivity contribution in [1.29, 1.82) is 0 Å². The minimum Gasteiger partial charge on any atom is -0.489 e. The Morgan fingerprint density at radius 1 is 1.12 bits per heavy atom. The molecule has 6 nitrogen and oxygen atoms in total. The number of allylic oxidation sites excluding steroid dienone is 1. The number of carbonyl (C=O) groups excluding carboxylic acids is 2. The smallest absolute Gasteiger partial charge is 0.338 e. The molecule has 0 aliphatic carbocycles. The molecule has 0 aromatic heterocycles. The summed E-state index contributed by atoms with van der Waals surface area (Å²) < 4.78 is 11.4. The molecule has 8 heteroatoms. The fraction of sp³-hybridized carbons (Fsp3) is 0.333. The van der Waals surface area contributed by atoms with E-state index in [0.29, 0.717) is 33.5 Å². The molecule has 0 radical (unpaired) electrons. The highest BCUT2D eigenvalue weighted by Crippen LogP contribution is 2.32. The summed E-state index contributed by atoms with van der Waals surface area (Å²) in [6.07, 6.45) is 1.05. The van der Waals surface area contributed by atoms with E-state index in [9.17, 15) is 9.59 Å². The van der Waals surface area contributed by atoms with Gasteiger partial charge in [-0.2, -0.15) is 0 Å². The summed E-state index contributed by atoms with van der Waals surface area (Å²) >= 11 is 12.0. The average molecular weight is 477 g/mol. The Hall–Kier alpha value is -2.70. The molecule has 3 rings (SSSR count). The van der Waals surface area contributed by atoms with Crippen LogP contribution in [0.4, 0.5) is 4.79 Å². The summed E-state index contributed by atoms with van der Waals surface area (Å²) in [5.41, 5.74) is 2.57. The quantitative estimate of drug-likeness (QED) is 0.462. The summed E-state index contributed by atoms with van der Waals surface area (Å²) in [5, 5.41) is 6.55. The minimum atomic E-state index is -0.648. The van der Waals surface area contributed by atoms with Crippen molar-refractivity contribution in [2.24, 2.45) is 0 Å². The van der Waals surface area contributed by atoms with E-state index in [1.807, 2.05) is 31.2 Å². The second-order valence-corrected chi connectivity index (χ2v) is 8.55. The first-order valence-electron chi connectivity index (χ1n) is 10.5. The largest absolute Gasteiger partial charge is 0.489 e. The van der Waals surface area contributed by atoms with Gasteiger partial charge in [-0.25, -0.2) is 9.59 Å². The maximum atomic E-state index is 12.9. The SMILES string of the molecule is CCCC1=C(C(=O)OC(C)C)C(c2cccc(OCc3ccc(Cl)c(Cl)c3)c2)NC(=O)N1. The predicted molar refractivity (Wildman–Crippen MR) is 125 cm³/mol. The lowest BCUT2D eigenvalue weighted by Crippen LogP contribution is -2.46. The third-order valence-electron chi connectivity index (χ3n) is 4.80. The van der Waals surface area contributed by atoms with Gasteiger partial charge in [-0.05, 0) is 55.7 Å². The number of nitrogens with one attached hydrogen (secondary N) is 2. The van der Waals surface area contributed by atoms with E-state index in [-0.39, 0.29) is 18.7 Å². The van der Waals surface area contributed by atoms with E-state index < -0.39 is 12.0 Å². The molecule has 2 N–H and O–H groups in total. The third-order valence-corrected chi connectivity index (χ3v) is 5.54. The summed E-state index contributed by atoms with van der Waals surface area (Å²) in [4.78, 5) is 25.2. The van der Waals surface area contributed by atoms with Gasteiger partial charge >= 0.3 is 12.0 Å². The number of hydrogen-bond donors (Lipinski definition) is 2. The molecule has 0 spiro atoms. The van der Waals surface area contributed by atoms with Gasteiger partial charge in [-0.1, -0.05) is 54.7 Å². The number of ether oxygens (including phenoxy) is 2. The van der Waals surface area contributed by atoms with Crippen molar-refractivity contribution >= 4 is 35.2 Å².